The molecule has 0 saturated carbocycles. The lowest BCUT2D eigenvalue weighted by Crippen LogP contribution is -2.44. The van der Waals surface area contributed by atoms with Gasteiger partial charge in [-0.15, -0.1) is 0 Å². The van der Waals surface area contributed by atoms with Gasteiger partial charge in [0.15, 0.2) is 0 Å². The summed E-state index contributed by atoms with van der Waals surface area (Å²) < 4.78 is 50.1. The summed E-state index contributed by atoms with van der Waals surface area (Å²) in [5.41, 5.74) is 5.25. The summed E-state index contributed by atoms with van der Waals surface area (Å²) in [5.74, 6) is -0.492. The fourth-order valence-electron chi connectivity index (χ4n) is 3.97. The fourth-order valence-corrected chi connectivity index (χ4v) is 3.97. The maximum absolute atomic E-state index is 13.3. The molecule has 0 bridgehead atoms. The number of allylic oxidation sites excluding steroid dienone is 3. The van der Waals surface area contributed by atoms with E-state index in [9.17, 15) is 22.8 Å². The number of amides is 1. The number of nitrogens with one attached hydrogen (secondary N) is 1. The van der Waals surface area contributed by atoms with E-state index in [1.807, 2.05) is 6.07 Å². The molecular weight excluding hydrogens is 427 g/mol. The Hall–Kier alpha value is -3.27. The zero-order valence-electron chi connectivity index (χ0n) is 17.5. The molecule has 32 heavy (non-hydrogen) atoms. The molecule has 1 aromatic carbocycles. The van der Waals surface area contributed by atoms with Gasteiger partial charge in [-0.05, 0) is 42.7 Å². The van der Waals surface area contributed by atoms with Crippen molar-refractivity contribution in [1.29, 1.82) is 0 Å². The molecule has 0 aliphatic carbocycles. The fraction of sp³-hybridized carbons (Fsp3) is 0.364. The average Bonchev–Trinajstić information content (AvgIpc) is 3.21. The predicted molar refractivity (Wildman–Crippen MR) is 109 cm³/mol. The Morgan fingerprint density at radius 3 is 2.75 bits per heavy atom. The van der Waals surface area contributed by atoms with Gasteiger partial charge in [0, 0.05) is 23.8 Å². The van der Waals surface area contributed by atoms with Crippen LogP contribution >= 0.6 is 0 Å². The number of alkyl halides is 3. The Balaban J connectivity index is 1.63. The van der Waals surface area contributed by atoms with E-state index < -0.39 is 18.2 Å². The van der Waals surface area contributed by atoms with Gasteiger partial charge in [-0.1, -0.05) is 12.1 Å². The first-order valence-corrected chi connectivity index (χ1v) is 10.1. The minimum Gasteiger partial charge on any atom is -0.481 e. The largest absolute Gasteiger partial charge is 0.481 e. The molecule has 1 atom stereocenters. The maximum Gasteiger partial charge on any atom is 0.409 e. The normalized spacial score (nSPS) is 20.2. The number of benzene rings is 1. The number of fused-ring (bicyclic) bond motifs is 2. The first-order valence-electron chi connectivity index (χ1n) is 10.1. The molecule has 0 fully saturated rings. The molecule has 3 heterocycles. The van der Waals surface area contributed by atoms with E-state index in [0.29, 0.717) is 35.4 Å². The van der Waals surface area contributed by atoms with Gasteiger partial charge < -0.3 is 14.4 Å². The quantitative estimate of drug-likeness (QED) is 0.698. The van der Waals surface area contributed by atoms with E-state index in [4.69, 9.17) is 9.47 Å². The van der Waals surface area contributed by atoms with E-state index in [1.165, 1.54) is 17.0 Å². The standard InChI is InChI=1S/C22H22F3N3O4/c1-3-32-20(29)12-27-9-8-14-10-13(4-5-16(14)21(27)30)15-6-7-19(31-2)28-17(15)11-18(26-28)22(23,24)25/h4-7,10-11,18,26H,3,8-9,12H2,1-2H3. The highest BCUT2D eigenvalue weighted by Crippen LogP contribution is 2.39. The van der Waals surface area contributed by atoms with Crippen molar-refractivity contribution in [1.82, 2.24) is 15.3 Å². The highest BCUT2D eigenvalue weighted by atomic mass is 19.4. The molecule has 1 unspecified atom stereocenters. The van der Waals surface area contributed by atoms with Gasteiger partial charge in [-0.3, -0.25) is 9.59 Å². The summed E-state index contributed by atoms with van der Waals surface area (Å²) in [6, 6.07) is 3.32. The van der Waals surface area contributed by atoms with Crippen molar-refractivity contribution in [3.8, 4) is 0 Å². The van der Waals surface area contributed by atoms with Crippen LogP contribution in [0.1, 0.15) is 28.4 Å². The van der Waals surface area contributed by atoms with Crippen LogP contribution in [0, 0.1) is 0 Å². The van der Waals surface area contributed by atoms with E-state index in [2.05, 4.69) is 5.43 Å². The van der Waals surface area contributed by atoms with Gasteiger partial charge >= 0.3 is 12.1 Å². The third kappa shape index (κ3) is 3.97. The number of halogens is 3. The van der Waals surface area contributed by atoms with Crippen LogP contribution in [0.25, 0.3) is 5.57 Å². The van der Waals surface area contributed by atoms with Crippen LogP contribution in [0.3, 0.4) is 0 Å². The molecule has 1 N–H and O–H groups in total. The lowest BCUT2D eigenvalue weighted by Gasteiger charge is -2.30. The number of hydrazine groups is 1. The summed E-state index contributed by atoms with van der Waals surface area (Å²) in [6.45, 7) is 2.18. The number of carbonyl (C=O) groups is 2. The average molecular weight is 449 g/mol. The molecule has 3 aliphatic rings. The topological polar surface area (TPSA) is 71.1 Å². The predicted octanol–water partition coefficient (Wildman–Crippen LogP) is 2.77. The molecule has 0 spiro atoms. The smallest absolute Gasteiger partial charge is 0.409 e. The molecule has 7 nitrogen and oxygen atoms in total. The van der Waals surface area contributed by atoms with Crippen LogP contribution in [0.2, 0.25) is 0 Å². The molecule has 170 valence electrons. The Morgan fingerprint density at radius 2 is 2.06 bits per heavy atom. The first kappa shape index (κ1) is 21.9. The summed E-state index contributed by atoms with van der Waals surface area (Å²) >= 11 is 0. The van der Waals surface area contributed by atoms with Gasteiger partial charge in [0.05, 0.1) is 19.4 Å². The SMILES string of the molecule is CCOC(=O)CN1CCc2cc(C3=CC=C(OC)N4NC(C(F)(F)F)C=C34)ccc2C1=O. The van der Waals surface area contributed by atoms with E-state index in [-0.39, 0.29) is 24.9 Å². The number of esters is 1. The number of rotatable bonds is 5. The number of hydrogen-bond donors (Lipinski definition) is 1. The van der Waals surface area contributed by atoms with Crippen molar-refractivity contribution < 1.29 is 32.2 Å². The molecule has 3 aliphatic heterocycles. The van der Waals surface area contributed by atoms with E-state index in [1.54, 1.807) is 31.2 Å². The zero-order chi connectivity index (χ0) is 23.0. The summed E-state index contributed by atoms with van der Waals surface area (Å²) in [4.78, 5) is 26.0. The highest BCUT2D eigenvalue weighted by Gasteiger charge is 2.45. The van der Waals surface area contributed by atoms with Crippen molar-refractivity contribution in [3.05, 3.63) is 64.7 Å². The van der Waals surface area contributed by atoms with E-state index >= 15 is 0 Å². The lowest BCUT2D eigenvalue weighted by molar-refractivity contribution is -0.149. The molecule has 0 saturated heterocycles. The van der Waals surface area contributed by atoms with Crippen LogP contribution in [-0.2, 0) is 20.7 Å². The van der Waals surface area contributed by atoms with Crippen LogP contribution in [0.4, 0.5) is 13.2 Å². The number of nitrogens with zero attached hydrogens (tertiary/aromatic N) is 2. The molecule has 4 rings (SSSR count). The van der Waals surface area contributed by atoms with Crippen LogP contribution < -0.4 is 5.43 Å². The summed E-state index contributed by atoms with van der Waals surface area (Å²) in [5, 5.41) is 1.28. The second kappa shape index (κ2) is 8.34. The Morgan fingerprint density at radius 1 is 1.28 bits per heavy atom. The van der Waals surface area contributed by atoms with Gasteiger partial charge in [0.1, 0.15) is 12.6 Å². The lowest BCUT2D eigenvalue weighted by atomic mass is 9.92. The van der Waals surface area contributed by atoms with Crippen LogP contribution in [0.15, 0.2) is 48.0 Å². The Bertz CT molecular complexity index is 1050. The Labute approximate surface area is 182 Å². The van der Waals surface area contributed by atoms with Crippen LogP contribution in [0.5, 0.6) is 0 Å². The third-order valence-electron chi connectivity index (χ3n) is 5.49. The van der Waals surface area contributed by atoms with Crippen molar-refractivity contribution in [3.63, 3.8) is 0 Å². The minimum absolute atomic E-state index is 0.115. The van der Waals surface area contributed by atoms with Crippen molar-refractivity contribution >= 4 is 17.4 Å². The van der Waals surface area contributed by atoms with Gasteiger partial charge in [0.25, 0.3) is 5.91 Å². The first-order chi connectivity index (χ1) is 15.2. The molecular formula is C22H22F3N3O4. The summed E-state index contributed by atoms with van der Waals surface area (Å²) in [7, 11) is 1.39. The minimum atomic E-state index is -4.46. The van der Waals surface area contributed by atoms with E-state index in [0.717, 1.165) is 11.6 Å². The number of ether oxygens (including phenoxy) is 2. The van der Waals surface area contributed by atoms with Crippen molar-refractivity contribution in [2.75, 3.05) is 26.8 Å². The number of hydrogen-bond acceptors (Lipinski definition) is 6. The second-order valence-corrected chi connectivity index (χ2v) is 7.48. The maximum atomic E-state index is 13.3. The molecule has 0 aromatic heterocycles. The number of carbonyl (C=O) groups excluding carboxylic acids is 2. The second-order valence-electron chi connectivity index (χ2n) is 7.48. The molecule has 1 amide bonds. The molecule has 0 radical (unpaired) electrons. The molecule has 1 aromatic rings. The highest BCUT2D eigenvalue weighted by molar-refractivity contribution is 5.99. The van der Waals surface area contributed by atoms with Crippen molar-refractivity contribution in [2.45, 2.75) is 25.6 Å². The zero-order valence-corrected chi connectivity index (χ0v) is 17.5. The van der Waals surface area contributed by atoms with Crippen LogP contribution in [-0.4, -0.2) is 60.8 Å². The van der Waals surface area contributed by atoms with Gasteiger partial charge in [-0.25, -0.2) is 10.4 Å². The van der Waals surface area contributed by atoms with Crippen molar-refractivity contribution in [2.24, 2.45) is 0 Å². The van der Waals surface area contributed by atoms with Gasteiger partial charge in [-0.2, -0.15) is 13.2 Å². The molecule has 10 heteroatoms. The Kier molecular flexibility index (Phi) is 5.72. The third-order valence-corrected chi connectivity index (χ3v) is 5.49. The van der Waals surface area contributed by atoms with Gasteiger partial charge in [0.2, 0.25) is 5.88 Å². The monoisotopic (exact) mass is 449 g/mol. The summed E-state index contributed by atoms with van der Waals surface area (Å²) in [6.07, 6.45) is 0.459. The number of methoxy groups -OCH3 is 1.